The summed E-state index contributed by atoms with van der Waals surface area (Å²) in [6, 6.07) is 0. The van der Waals surface area contributed by atoms with E-state index in [4.69, 9.17) is 14.2 Å². The second kappa shape index (κ2) is 7.84. The van der Waals surface area contributed by atoms with Crippen LogP contribution in [0.25, 0.3) is 0 Å². The first-order valence-electron chi connectivity index (χ1n) is 12.7. The van der Waals surface area contributed by atoms with E-state index >= 15 is 0 Å². The summed E-state index contributed by atoms with van der Waals surface area (Å²) in [5, 5.41) is 11.6. The molecule has 1 N–H and O–H groups in total. The maximum Gasteiger partial charge on any atom is 0.284 e. The SMILES string of the molecule is CCCC[C@@]1(OC)OCC(=O)[C@@]2(CC[C@@H]3[C@H]4CCC5=CC(=O)C=C[C@]5(C)[C@@H]4[C@@H](O)C[C@@]32C)O1. The summed E-state index contributed by atoms with van der Waals surface area (Å²) in [4.78, 5) is 25.5. The van der Waals surface area contributed by atoms with E-state index in [-0.39, 0.29) is 41.3 Å². The lowest BCUT2D eigenvalue weighted by Crippen LogP contribution is -2.67. The molecule has 1 spiro atoms. The molecular formula is C27H38O6. The minimum Gasteiger partial charge on any atom is -0.393 e. The van der Waals surface area contributed by atoms with Crippen LogP contribution >= 0.6 is 0 Å². The molecule has 182 valence electrons. The molecule has 0 aromatic carbocycles. The molecule has 0 bridgehead atoms. The number of carbonyl (C=O) groups excluding carboxylic acids is 2. The number of hydrogen-bond donors (Lipinski definition) is 1. The molecule has 4 fully saturated rings. The van der Waals surface area contributed by atoms with Gasteiger partial charge in [0.25, 0.3) is 5.97 Å². The molecule has 0 radical (unpaired) electrons. The molecule has 0 aromatic rings. The number of unbranched alkanes of at least 4 members (excludes halogenated alkanes) is 1. The molecule has 1 aliphatic heterocycles. The van der Waals surface area contributed by atoms with Crippen molar-refractivity contribution in [2.45, 2.75) is 89.8 Å². The van der Waals surface area contributed by atoms with Crippen molar-refractivity contribution in [1.29, 1.82) is 0 Å². The van der Waals surface area contributed by atoms with Crippen molar-refractivity contribution in [2.75, 3.05) is 13.7 Å². The van der Waals surface area contributed by atoms with Gasteiger partial charge in [-0.1, -0.05) is 38.8 Å². The number of Topliss-reactive ketones (excluding diaryl/α,β-unsaturated/α-hetero) is 1. The van der Waals surface area contributed by atoms with Crippen LogP contribution in [-0.2, 0) is 23.8 Å². The van der Waals surface area contributed by atoms with Crippen LogP contribution in [0.3, 0.4) is 0 Å². The van der Waals surface area contributed by atoms with Gasteiger partial charge in [0.05, 0.1) is 6.10 Å². The summed E-state index contributed by atoms with van der Waals surface area (Å²) < 4.78 is 18.3. The molecule has 0 amide bonds. The summed E-state index contributed by atoms with van der Waals surface area (Å²) in [5.41, 5.74) is -0.661. The zero-order valence-corrected chi connectivity index (χ0v) is 20.4. The molecule has 6 nitrogen and oxygen atoms in total. The van der Waals surface area contributed by atoms with Crippen LogP contribution in [0.1, 0.15) is 72.1 Å². The third kappa shape index (κ3) is 3.13. The maximum absolute atomic E-state index is 13.5. The van der Waals surface area contributed by atoms with Gasteiger partial charge in [-0.15, -0.1) is 0 Å². The van der Waals surface area contributed by atoms with Gasteiger partial charge in [-0.25, -0.2) is 0 Å². The van der Waals surface area contributed by atoms with Gasteiger partial charge >= 0.3 is 0 Å². The lowest BCUT2D eigenvalue weighted by atomic mass is 9.46. The Kier molecular flexibility index (Phi) is 5.56. The average molecular weight is 459 g/mol. The van der Waals surface area contributed by atoms with Gasteiger partial charge in [-0.05, 0) is 62.5 Å². The second-order valence-electron chi connectivity index (χ2n) is 11.4. The maximum atomic E-state index is 13.5. The molecule has 8 atom stereocenters. The number of allylic oxidation sites excluding steroid dienone is 4. The Morgan fingerprint density at radius 1 is 1.24 bits per heavy atom. The van der Waals surface area contributed by atoms with Crippen LogP contribution in [0.15, 0.2) is 23.8 Å². The fraction of sp³-hybridized carbons (Fsp3) is 0.778. The van der Waals surface area contributed by atoms with Gasteiger partial charge in [0.2, 0.25) is 0 Å². The third-order valence-corrected chi connectivity index (χ3v) is 9.97. The van der Waals surface area contributed by atoms with E-state index in [1.165, 1.54) is 0 Å². The smallest absolute Gasteiger partial charge is 0.284 e. The Balaban J connectivity index is 1.51. The first kappa shape index (κ1) is 23.4. The molecule has 5 rings (SSSR count). The van der Waals surface area contributed by atoms with Crippen LogP contribution in [0.5, 0.6) is 0 Å². The molecule has 1 saturated heterocycles. The summed E-state index contributed by atoms with van der Waals surface area (Å²) in [7, 11) is 1.59. The van der Waals surface area contributed by atoms with Gasteiger partial charge in [0.1, 0.15) is 12.2 Å². The number of ketones is 2. The van der Waals surface area contributed by atoms with E-state index < -0.39 is 23.1 Å². The zero-order chi connectivity index (χ0) is 23.6. The lowest BCUT2D eigenvalue weighted by molar-refractivity contribution is -0.426. The fourth-order valence-corrected chi connectivity index (χ4v) is 8.30. The Bertz CT molecular complexity index is 908. The standard InChI is InChI=1S/C27H38O6/c1-5-6-11-27(31-4)32-16-22(30)26(33-27)13-10-20-19-8-7-17-14-18(28)9-12-24(17,2)23(19)21(29)15-25(20,26)3/h9,12,14,19-21,23,29H,5-8,10-11,13,15-16H2,1-4H3/t19-,20-,21+,23+,24+,25+,26-,27-/m1/s1. The molecule has 6 heteroatoms. The molecule has 5 aliphatic rings. The number of rotatable bonds is 4. The van der Waals surface area contributed by atoms with Gasteiger partial charge in [-0.3, -0.25) is 9.59 Å². The van der Waals surface area contributed by atoms with Crippen molar-refractivity contribution in [1.82, 2.24) is 0 Å². The fourth-order valence-electron chi connectivity index (χ4n) is 8.30. The number of aliphatic hydroxyl groups excluding tert-OH is 1. The molecule has 3 saturated carbocycles. The molecule has 0 unspecified atom stereocenters. The largest absolute Gasteiger partial charge is 0.393 e. The van der Waals surface area contributed by atoms with Crippen LogP contribution in [0.2, 0.25) is 0 Å². The highest BCUT2D eigenvalue weighted by atomic mass is 16.9. The number of ether oxygens (including phenoxy) is 3. The highest BCUT2D eigenvalue weighted by Crippen LogP contribution is 2.68. The predicted molar refractivity (Wildman–Crippen MR) is 122 cm³/mol. The number of aliphatic hydroxyl groups is 1. The molecule has 0 aromatic heterocycles. The van der Waals surface area contributed by atoms with Gasteiger partial charge in [0.15, 0.2) is 11.6 Å². The van der Waals surface area contributed by atoms with Crippen LogP contribution in [0.4, 0.5) is 0 Å². The van der Waals surface area contributed by atoms with Crippen molar-refractivity contribution in [3.63, 3.8) is 0 Å². The monoisotopic (exact) mass is 458 g/mol. The number of hydrogen-bond acceptors (Lipinski definition) is 6. The van der Waals surface area contributed by atoms with Crippen molar-refractivity contribution >= 4 is 11.6 Å². The Labute approximate surface area is 196 Å². The van der Waals surface area contributed by atoms with E-state index in [9.17, 15) is 14.7 Å². The Morgan fingerprint density at radius 2 is 2.03 bits per heavy atom. The number of methoxy groups -OCH3 is 1. The van der Waals surface area contributed by atoms with Crippen molar-refractivity contribution in [2.24, 2.45) is 28.6 Å². The molecule has 4 aliphatic carbocycles. The predicted octanol–water partition coefficient (Wildman–Crippen LogP) is 4.11. The second-order valence-corrected chi connectivity index (χ2v) is 11.4. The summed E-state index contributed by atoms with van der Waals surface area (Å²) >= 11 is 0. The summed E-state index contributed by atoms with van der Waals surface area (Å²) in [6.07, 6.45) is 11.1. The topological polar surface area (TPSA) is 82.1 Å². The first-order chi connectivity index (χ1) is 15.6. The van der Waals surface area contributed by atoms with E-state index in [1.54, 1.807) is 19.3 Å². The number of fused-ring (bicyclic) bond motifs is 6. The van der Waals surface area contributed by atoms with Crippen LogP contribution < -0.4 is 0 Å². The summed E-state index contributed by atoms with van der Waals surface area (Å²) in [5.74, 6) is -0.613. The Morgan fingerprint density at radius 3 is 2.76 bits per heavy atom. The van der Waals surface area contributed by atoms with E-state index in [0.29, 0.717) is 19.3 Å². The molecular weight excluding hydrogens is 420 g/mol. The van der Waals surface area contributed by atoms with Crippen molar-refractivity contribution in [3.05, 3.63) is 23.8 Å². The number of carbonyl (C=O) groups is 2. The van der Waals surface area contributed by atoms with Gasteiger partial charge < -0.3 is 19.3 Å². The van der Waals surface area contributed by atoms with Crippen LogP contribution in [-0.4, -0.2) is 48.1 Å². The highest BCUT2D eigenvalue weighted by molar-refractivity contribution is 6.01. The summed E-state index contributed by atoms with van der Waals surface area (Å²) in [6.45, 7) is 6.42. The van der Waals surface area contributed by atoms with Crippen molar-refractivity contribution < 1.29 is 28.9 Å². The van der Waals surface area contributed by atoms with Gasteiger partial charge in [0, 0.05) is 30.3 Å². The lowest BCUT2D eigenvalue weighted by Gasteiger charge is -2.61. The van der Waals surface area contributed by atoms with Gasteiger partial charge in [-0.2, -0.15) is 0 Å². The normalized spacial score (nSPS) is 48.9. The third-order valence-electron chi connectivity index (χ3n) is 9.97. The Hall–Kier alpha value is -1.34. The minimum absolute atomic E-state index is 0.0144. The quantitative estimate of drug-likeness (QED) is 0.683. The zero-order valence-electron chi connectivity index (χ0n) is 20.4. The molecule has 33 heavy (non-hydrogen) atoms. The first-order valence-corrected chi connectivity index (χ1v) is 12.7. The van der Waals surface area contributed by atoms with Crippen molar-refractivity contribution in [3.8, 4) is 0 Å². The highest BCUT2D eigenvalue weighted by Gasteiger charge is 2.71. The van der Waals surface area contributed by atoms with Crippen LogP contribution in [0, 0.1) is 28.6 Å². The minimum atomic E-state index is -1.20. The van der Waals surface area contributed by atoms with E-state index in [2.05, 4.69) is 20.8 Å². The van der Waals surface area contributed by atoms with E-state index in [0.717, 1.165) is 37.7 Å². The van der Waals surface area contributed by atoms with E-state index in [1.807, 2.05) is 6.08 Å². The molecule has 1 heterocycles. The average Bonchev–Trinajstić information content (AvgIpc) is 3.07.